The third-order valence-electron chi connectivity index (χ3n) is 4.09. The summed E-state index contributed by atoms with van der Waals surface area (Å²) in [6.07, 6.45) is 2.04. The lowest BCUT2D eigenvalue weighted by Crippen LogP contribution is -2.39. The van der Waals surface area contributed by atoms with Crippen molar-refractivity contribution in [1.82, 2.24) is 15.9 Å². The normalized spacial score (nSPS) is 17.6. The van der Waals surface area contributed by atoms with Crippen LogP contribution in [0.4, 0.5) is 5.69 Å². The Morgan fingerprint density at radius 1 is 1.33 bits per heavy atom. The van der Waals surface area contributed by atoms with Gasteiger partial charge >= 0.3 is 5.97 Å². The Labute approximate surface area is 162 Å². The average Bonchev–Trinajstić information content (AvgIpc) is 3.15. The van der Waals surface area contributed by atoms with Crippen molar-refractivity contribution in [3.8, 4) is 5.88 Å². The largest absolute Gasteiger partial charge is 0.468 e. The molecule has 27 heavy (non-hydrogen) atoms. The zero-order chi connectivity index (χ0) is 19.2. The quantitative estimate of drug-likeness (QED) is 0.548. The molecule has 0 saturated carbocycles. The number of rotatable bonds is 7. The molecule has 0 spiro atoms. The lowest BCUT2D eigenvalue weighted by atomic mass is 10.1. The highest BCUT2D eigenvalue weighted by Crippen LogP contribution is 2.27. The Kier molecular flexibility index (Phi) is 6.46. The molecule has 2 atom stereocenters. The second-order valence-corrected chi connectivity index (χ2v) is 6.26. The minimum absolute atomic E-state index is 0.296. The molecule has 8 nitrogen and oxygen atoms in total. The average molecular weight is 393 g/mol. The maximum atomic E-state index is 12.1. The lowest BCUT2D eigenvalue weighted by molar-refractivity contribution is -0.147. The summed E-state index contributed by atoms with van der Waals surface area (Å²) in [4.78, 5) is 21.3. The number of carbonyl (C=O) groups is 1. The summed E-state index contributed by atoms with van der Waals surface area (Å²) in [5.41, 5.74) is 7.41. The van der Waals surface area contributed by atoms with Gasteiger partial charge in [-0.25, -0.2) is 9.78 Å². The molecule has 1 fully saturated rings. The van der Waals surface area contributed by atoms with Crippen LogP contribution in [0.15, 0.2) is 42.6 Å². The number of hydrazine groups is 1. The van der Waals surface area contributed by atoms with Gasteiger partial charge in [0.25, 0.3) is 0 Å². The topological polar surface area (TPSA) is 85.0 Å². The lowest BCUT2D eigenvalue weighted by Gasteiger charge is -2.22. The fourth-order valence-electron chi connectivity index (χ4n) is 2.79. The van der Waals surface area contributed by atoms with Gasteiger partial charge in [-0.1, -0.05) is 11.6 Å². The van der Waals surface area contributed by atoms with Crippen LogP contribution in [0.3, 0.4) is 0 Å². The summed E-state index contributed by atoms with van der Waals surface area (Å²) in [5.74, 6) is -0.176. The third-order valence-corrected chi connectivity index (χ3v) is 4.34. The molecule has 2 unspecified atom stereocenters. The zero-order valence-electron chi connectivity index (χ0n) is 15.0. The van der Waals surface area contributed by atoms with E-state index in [1.807, 2.05) is 29.3 Å². The molecule has 0 radical (unpaired) electrons. The van der Waals surface area contributed by atoms with E-state index in [2.05, 4.69) is 15.9 Å². The van der Waals surface area contributed by atoms with Crippen molar-refractivity contribution in [2.24, 2.45) is 0 Å². The van der Waals surface area contributed by atoms with Crippen molar-refractivity contribution >= 4 is 23.3 Å². The van der Waals surface area contributed by atoms with Gasteiger partial charge in [0.15, 0.2) is 12.3 Å². The molecular weight excluding hydrogens is 372 g/mol. The number of nitrogens with zero attached hydrogens (tertiary/aromatic N) is 2. The fourth-order valence-corrected chi connectivity index (χ4v) is 2.92. The molecule has 1 saturated heterocycles. The molecule has 1 aromatic carbocycles. The number of hydrogen-bond acceptors (Lipinski definition) is 8. The van der Waals surface area contributed by atoms with Gasteiger partial charge in [-0.05, 0) is 36.4 Å². The molecule has 1 aliphatic heterocycles. The van der Waals surface area contributed by atoms with Crippen LogP contribution in [-0.4, -0.2) is 37.9 Å². The van der Waals surface area contributed by atoms with Crippen LogP contribution in [0, 0.1) is 0 Å². The van der Waals surface area contributed by atoms with Gasteiger partial charge in [-0.15, -0.1) is 0 Å². The summed E-state index contributed by atoms with van der Waals surface area (Å²) in [5, 5.41) is 2.66. The monoisotopic (exact) mass is 392 g/mol. The van der Waals surface area contributed by atoms with Crippen LogP contribution in [0.1, 0.15) is 18.0 Å². The van der Waals surface area contributed by atoms with Crippen LogP contribution in [0.25, 0.3) is 0 Å². The molecule has 2 heterocycles. The molecule has 2 N–H and O–H groups in total. The maximum Gasteiger partial charge on any atom is 0.330 e. The minimum Gasteiger partial charge on any atom is -0.468 e. The van der Waals surface area contributed by atoms with Gasteiger partial charge in [0, 0.05) is 29.7 Å². The number of ether oxygens (including phenoxy) is 2. The highest BCUT2D eigenvalue weighted by molar-refractivity contribution is 6.30. The van der Waals surface area contributed by atoms with Gasteiger partial charge in [0.1, 0.15) is 0 Å². The van der Waals surface area contributed by atoms with Crippen LogP contribution < -0.4 is 20.7 Å². The van der Waals surface area contributed by atoms with E-state index in [1.165, 1.54) is 14.2 Å². The number of esters is 1. The summed E-state index contributed by atoms with van der Waals surface area (Å²) in [7, 11) is 2.74. The van der Waals surface area contributed by atoms with Gasteiger partial charge < -0.3 is 19.3 Å². The van der Waals surface area contributed by atoms with Crippen molar-refractivity contribution in [1.29, 1.82) is 0 Å². The number of hydrogen-bond donors (Lipinski definition) is 2. The van der Waals surface area contributed by atoms with Crippen molar-refractivity contribution < 1.29 is 19.1 Å². The van der Waals surface area contributed by atoms with E-state index in [9.17, 15) is 4.79 Å². The molecule has 144 valence electrons. The Hall–Kier alpha value is -2.39. The molecule has 0 aliphatic carbocycles. The van der Waals surface area contributed by atoms with Gasteiger partial charge in [0.05, 0.1) is 19.9 Å². The number of aromatic nitrogens is 1. The number of nitrogens with one attached hydrogen (secondary N) is 2. The Morgan fingerprint density at radius 3 is 2.81 bits per heavy atom. The van der Waals surface area contributed by atoms with E-state index in [0.717, 1.165) is 18.7 Å². The molecular formula is C18H21ClN4O4. The molecule has 9 heteroatoms. The van der Waals surface area contributed by atoms with Gasteiger partial charge in [0.2, 0.25) is 5.88 Å². The van der Waals surface area contributed by atoms with E-state index in [0.29, 0.717) is 16.5 Å². The van der Waals surface area contributed by atoms with E-state index in [4.69, 9.17) is 25.9 Å². The highest BCUT2D eigenvalue weighted by atomic mass is 35.5. The summed E-state index contributed by atoms with van der Waals surface area (Å²) in [6.45, 7) is 0.755. The molecule has 2 aromatic rings. The molecule has 3 rings (SSSR count). The summed E-state index contributed by atoms with van der Waals surface area (Å²) in [6, 6.07) is 10.1. The molecule has 0 bridgehead atoms. The first-order chi connectivity index (χ1) is 13.1. The number of methoxy groups -OCH3 is 1. The van der Waals surface area contributed by atoms with Crippen LogP contribution >= 0.6 is 11.6 Å². The number of carbonyl (C=O) groups excluding carboxylic acids is 1. The van der Waals surface area contributed by atoms with E-state index < -0.39 is 12.0 Å². The summed E-state index contributed by atoms with van der Waals surface area (Å²) < 4.78 is 10.8. The molecule has 1 aromatic heterocycles. The van der Waals surface area contributed by atoms with Gasteiger partial charge in [-0.2, -0.15) is 10.9 Å². The SMILES string of the molecule is CONC(C(=O)OC)c1cccnc1OC1CCN(c2ccc(Cl)cc2)N1. The predicted octanol–water partition coefficient (Wildman–Crippen LogP) is 2.22. The Bertz CT molecular complexity index is 774. The second-order valence-electron chi connectivity index (χ2n) is 5.83. The number of halogens is 1. The first kappa shape index (κ1) is 19.4. The molecule has 1 aliphatic rings. The van der Waals surface area contributed by atoms with Crippen LogP contribution in [-0.2, 0) is 14.4 Å². The highest BCUT2D eigenvalue weighted by Gasteiger charge is 2.29. The van der Waals surface area contributed by atoms with Crippen LogP contribution in [0.2, 0.25) is 5.02 Å². The van der Waals surface area contributed by atoms with E-state index >= 15 is 0 Å². The number of hydroxylamine groups is 1. The minimum atomic E-state index is -0.850. The first-order valence-electron chi connectivity index (χ1n) is 8.39. The predicted molar refractivity (Wildman–Crippen MR) is 100 cm³/mol. The first-order valence-corrected chi connectivity index (χ1v) is 8.77. The fraction of sp³-hybridized carbons (Fsp3) is 0.333. The van der Waals surface area contributed by atoms with Crippen molar-refractivity contribution in [2.45, 2.75) is 18.7 Å². The second kappa shape index (κ2) is 9.01. The van der Waals surface area contributed by atoms with Crippen molar-refractivity contribution in [3.63, 3.8) is 0 Å². The van der Waals surface area contributed by atoms with Crippen molar-refractivity contribution in [3.05, 3.63) is 53.2 Å². The Balaban J connectivity index is 1.73. The third kappa shape index (κ3) is 4.67. The van der Waals surface area contributed by atoms with Gasteiger partial charge in [-0.3, -0.25) is 0 Å². The Morgan fingerprint density at radius 2 is 2.11 bits per heavy atom. The molecule has 0 amide bonds. The standard InChI is InChI=1S/C18H21ClN4O4/c1-25-18(24)16(22-26-2)14-4-3-10-20-17(14)27-15-9-11-23(21-15)13-7-5-12(19)6-8-13/h3-8,10,15-16,21-22H,9,11H2,1-2H3. The van der Waals surface area contributed by atoms with E-state index in [1.54, 1.807) is 18.3 Å². The van der Waals surface area contributed by atoms with E-state index in [-0.39, 0.29) is 6.23 Å². The zero-order valence-corrected chi connectivity index (χ0v) is 15.8. The van der Waals surface area contributed by atoms with Crippen molar-refractivity contribution in [2.75, 3.05) is 25.8 Å². The maximum absolute atomic E-state index is 12.1. The van der Waals surface area contributed by atoms with Crippen LogP contribution in [0.5, 0.6) is 5.88 Å². The summed E-state index contributed by atoms with van der Waals surface area (Å²) >= 11 is 5.94. The smallest absolute Gasteiger partial charge is 0.330 e. The number of pyridine rings is 1. The number of benzene rings is 1. The number of anilines is 1.